The van der Waals surface area contributed by atoms with Crippen LogP contribution in [0.5, 0.6) is 11.5 Å². The predicted molar refractivity (Wildman–Crippen MR) is 164 cm³/mol. The van der Waals surface area contributed by atoms with E-state index in [0.717, 1.165) is 24.3 Å². The molecule has 1 heteroatoms. The molecule has 1 nitrogen and oxygen atoms in total. The van der Waals surface area contributed by atoms with Crippen molar-refractivity contribution < 1.29 is 4.74 Å². The first-order valence-corrected chi connectivity index (χ1v) is 15.3. The van der Waals surface area contributed by atoms with Gasteiger partial charge in [0.15, 0.2) is 0 Å². The maximum atomic E-state index is 6.75. The highest BCUT2D eigenvalue weighted by molar-refractivity contribution is 5.44. The topological polar surface area (TPSA) is 9.23 Å². The Morgan fingerprint density at radius 3 is 1.35 bits per heavy atom. The average Bonchev–Trinajstić information content (AvgIpc) is 2.92. The fraction of sp³-hybridized carbons (Fsp3) is 0.556. The first kappa shape index (κ1) is 30.9. The number of hydrogen-bond acceptors (Lipinski definition) is 1. The molecule has 0 aliphatic rings. The normalized spacial score (nSPS) is 12.7. The number of unbranched alkanes of at least 4 members (excludes halogenated alkanes) is 10. The molecule has 0 fully saturated rings. The quantitative estimate of drug-likeness (QED) is 0.115. The Kier molecular flexibility index (Phi) is 16.5. The van der Waals surface area contributed by atoms with Gasteiger partial charge >= 0.3 is 0 Å². The van der Waals surface area contributed by atoms with Gasteiger partial charge in [0, 0.05) is 0 Å². The summed E-state index contributed by atoms with van der Waals surface area (Å²) in [6, 6.07) is 17.4. The van der Waals surface area contributed by atoms with E-state index in [1.54, 1.807) is 0 Å². The average molecular weight is 503 g/mol. The minimum Gasteiger partial charge on any atom is -0.457 e. The molecule has 0 heterocycles. The smallest absolute Gasteiger partial charge is 0.130 e. The van der Waals surface area contributed by atoms with Crippen molar-refractivity contribution in [1.29, 1.82) is 0 Å². The molecule has 0 aromatic heterocycles. The molecule has 2 aromatic rings. The van der Waals surface area contributed by atoms with Crippen LogP contribution in [0.1, 0.15) is 140 Å². The number of ether oxygens (including phenoxy) is 1. The third kappa shape index (κ3) is 11.8. The minimum absolute atomic E-state index is 0.458. The summed E-state index contributed by atoms with van der Waals surface area (Å²) >= 11 is 0. The summed E-state index contributed by atoms with van der Waals surface area (Å²) in [4.78, 5) is 0. The van der Waals surface area contributed by atoms with Crippen LogP contribution in [0, 0.1) is 0 Å². The summed E-state index contributed by atoms with van der Waals surface area (Å²) in [5, 5.41) is 0. The van der Waals surface area contributed by atoms with Gasteiger partial charge in [-0.25, -0.2) is 0 Å². The molecule has 2 rings (SSSR count). The first-order valence-electron chi connectivity index (χ1n) is 15.3. The third-order valence-corrected chi connectivity index (χ3v) is 7.65. The summed E-state index contributed by atoms with van der Waals surface area (Å²) in [5.74, 6) is 2.92. The highest BCUT2D eigenvalue weighted by atomic mass is 16.5. The lowest BCUT2D eigenvalue weighted by Crippen LogP contribution is -2.04. The second-order valence-electron chi connectivity index (χ2n) is 10.7. The minimum atomic E-state index is 0.458. The van der Waals surface area contributed by atoms with Crippen molar-refractivity contribution in [3.05, 3.63) is 85.0 Å². The highest BCUT2D eigenvalue weighted by Crippen LogP contribution is 2.39. The molecule has 0 aliphatic carbocycles. The van der Waals surface area contributed by atoms with E-state index in [2.05, 4.69) is 87.7 Å². The number of hydrogen-bond donors (Lipinski definition) is 0. The van der Waals surface area contributed by atoms with E-state index < -0.39 is 0 Å². The van der Waals surface area contributed by atoms with Gasteiger partial charge in [-0.1, -0.05) is 139 Å². The van der Waals surface area contributed by atoms with Crippen LogP contribution in [0.4, 0.5) is 0 Å². The van der Waals surface area contributed by atoms with Crippen LogP contribution in [0.15, 0.2) is 73.8 Å². The lowest BCUT2D eigenvalue weighted by atomic mass is 9.88. The Labute approximate surface area is 229 Å². The molecule has 204 valence electrons. The van der Waals surface area contributed by atoms with Gasteiger partial charge in [-0.2, -0.15) is 0 Å². The summed E-state index contributed by atoms with van der Waals surface area (Å²) in [5.41, 5.74) is 2.64. The van der Waals surface area contributed by atoms with E-state index in [-0.39, 0.29) is 0 Å². The van der Waals surface area contributed by atoms with Crippen LogP contribution in [0.2, 0.25) is 0 Å². The Bertz CT molecular complexity index is 795. The monoisotopic (exact) mass is 502 g/mol. The molecule has 2 unspecified atom stereocenters. The van der Waals surface area contributed by atoms with Crippen LogP contribution in [-0.4, -0.2) is 0 Å². The predicted octanol–water partition coefficient (Wildman–Crippen LogP) is 12.3. The molecule has 37 heavy (non-hydrogen) atoms. The van der Waals surface area contributed by atoms with Crippen LogP contribution in [0.25, 0.3) is 0 Å². The number of rotatable bonds is 22. The zero-order chi connectivity index (χ0) is 26.6. The maximum absolute atomic E-state index is 6.75. The van der Waals surface area contributed by atoms with E-state index in [0.29, 0.717) is 11.8 Å². The number of para-hydroxylation sites is 2. The molecule has 0 saturated carbocycles. The maximum Gasteiger partial charge on any atom is 0.130 e. The van der Waals surface area contributed by atoms with Crippen LogP contribution in [-0.2, 0) is 0 Å². The van der Waals surface area contributed by atoms with E-state index in [1.165, 1.54) is 101 Å². The van der Waals surface area contributed by atoms with Crippen molar-refractivity contribution >= 4 is 0 Å². The third-order valence-electron chi connectivity index (χ3n) is 7.65. The fourth-order valence-corrected chi connectivity index (χ4v) is 5.49. The Morgan fingerprint density at radius 1 is 0.568 bits per heavy atom. The lowest BCUT2D eigenvalue weighted by molar-refractivity contribution is 0.445. The molecule has 0 spiro atoms. The largest absolute Gasteiger partial charge is 0.457 e. The Balaban J connectivity index is 2.13. The molecule has 0 N–H and O–H groups in total. The molecule has 2 aromatic carbocycles. The molecule has 0 bridgehead atoms. The molecule has 0 radical (unpaired) electrons. The molecule has 0 amide bonds. The molecular formula is C36H54O. The van der Waals surface area contributed by atoms with Gasteiger partial charge in [0.1, 0.15) is 11.5 Å². The van der Waals surface area contributed by atoms with Crippen LogP contribution >= 0.6 is 0 Å². The van der Waals surface area contributed by atoms with E-state index >= 15 is 0 Å². The standard InChI is InChI=1S/C36H54O/c1-5-9-11-13-15-17-25-31(23-7-3)33-27-19-21-29-35(33)37-36-30-22-20-28-34(36)32(24-8-4)26-18-16-14-12-10-6-2/h7-8,19-22,27-32H,3-6,9-18,23-26H2,1-2H3. The number of allylic oxidation sites excluding steroid dienone is 2. The van der Waals surface area contributed by atoms with E-state index in [4.69, 9.17) is 4.74 Å². The lowest BCUT2D eigenvalue weighted by Gasteiger charge is -2.23. The Hall–Kier alpha value is -2.28. The van der Waals surface area contributed by atoms with Gasteiger partial charge in [0.05, 0.1) is 0 Å². The summed E-state index contributed by atoms with van der Waals surface area (Å²) < 4.78 is 6.75. The van der Waals surface area contributed by atoms with Gasteiger partial charge < -0.3 is 4.74 Å². The van der Waals surface area contributed by atoms with Crippen molar-refractivity contribution in [2.24, 2.45) is 0 Å². The molecular weight excluding hydrogens is 448 g/mol. The van der Waals surface area contributed by atoms with Gasteiger partial charge in [0.2, 0.25) is 0 Å². The van der Waals surface area contributed by atoms with Crippen molar-refractivity contribution in [2.45, 2.75) is 128 Å². The van der Waals surface area contributed by atoms with Gasteiger partial charge in [-0.05, 0) is 60.8 Å². The van der Waals surface area contributed by atoms with Gasteiger partial charge in [-0.3, -0.25) is 0 Å². The SMILES string of the molecule is C=CCC(CCCCCCCC)c1ccccc1Oc1ccccc1C(CC=C)CCCCCCCC. The first-order chi connectivity index (χ1) is 18.2. The van der Waals surface area contributed by atoms with Crippen molar-refractivity contribution in [1.82, 2.24) is 0 Å². The summed E-state index contributed by atoms with van der Waals surface area (Å²) in [6.07, 6.45) is 24.5. The number of benzene rings is 2. The van der Waals surface area contributed by atoms with Crippen LogP contribution < -0.4 is 4.74 Å². The fourth-order valence-electron chi connectivity index (χ4n) is 5.49. The molecule has 2 atom stereocenters. The van der Waals surface area contributed by atoms with Gasteiger partial charge in [-0.15, -0.1) is 13.2 Å². The summed E-state index contributed by atoms with van der Waals surface area (Å²) in [6.45, 7) is 12.7. The summed E-state index contributed by atoms with van der Waals surface area (Å²) in [7, 11) is 0. The van der Waals surface area contributed by atoms with Crippen molar-refractivity contribution in [3.8, 4) is 11.5 Å². The Morgan fingerprint density at radius 2 is 0.946 bits per heavy atom. The van der Waals surface area contributed by atoms with Gasteiger partial charge in [0.25, 0.3) is 0 Å². The van der Waals surface area contributed by atoms with Crippen molar-refractivity contribution in [3.63, 3.8) is 0 Å². The second kappa shape index (κ2) is 19.8. The van der Waals surface area contributed by atoms with E-state index in [1.807, 2.05) is 0 Å². The highest BCUT2D eigenvalue weighted by Gasteiger charge is 2.19. The molecule has 0 saturated heterocycles. The zero-order valence-corrected chi connectivity index (χ0v) is 24.1. The second-order valence-corrected chi connectivity index (χ2v) is 10.7. The zero-order valence-electron chi connectivity index (χ0n) is 24.1. The van der Waals surface area contributed by atoms with E-state index in [9.17, 15) is 0 Å². The van der Waals surface area contributed by atoms with Crippen LogP contribution in [0.3, 0.4) is 0 Å². The van der Waals surface area contributed by atoms with Crippen molar-refractivity contribution in [2.75, 3.05) is 0 Å². The molecule has 0 aliphatic heterocycles.